The molecule has 1 aliphatic carbocycles. The Balaban J connectivity index is 2.18. The highest BCUT2D eigenvalue weighted by molar-refractivity contribution is 5.66. The molecule has 0 heterocycles. The van der Waals surface area contributed by atoms with E-state index in [4.69, 9.17) is 10.8 Å². The molecule has 0 aliphatic heterocycles. The SMILES string of the molecule is N[C@H]1CCC[C@@H](CCC(=O)O)C1. The monoisotopic (exact) mass is 171 g/mol. The molecule has 12 heavy (non-hydrogen) atoms. The van der Waals surface area contributed by atoms with Gasteiger partial charge in [-0.05, 0) is 25.2 Å². The van der Waals surface area contributed by atoms with Gasteiger partial charge in [-0.15, -0.1) is 0 Å². The number of carbonyl (C=O) groups is 1. The van der Waals surface area contributed by atoms with Crippen LogP contribution in [-0.2, 0) is 4.79 Å². The second kappa shape index (κ2) is 4.45. The number of rotatable bonds is 3. The van der Waals surface area contributed by atoms with Gasteiger partial charge in [-0.3, -0.25) is 4.79 Å². The fourth-order valence-electron chi connectivity index (χ4n) is 1.92. The van der Waals surface area contributed by atoms with Crippen molar-refractivity contribution in [3.63, 3.8) is 0 Å². The first kappa shape index (κ1) is 9.52. The van der Waals surface area contributed by atoms with Crippen LogP contribution in [0.1, 0.15) is 38.5 Å². The molecule has 0 radical (unpaired) electrons. The van der Waals surface area contributed by atoms with Crippen molar-refractivity contribution >= 4 is 5.97 Å². The Morgan fingerprint density at radius 1 is 1.50 bits per heavy atom. The molecule has 0 amide bonds. The van der Waals surface area contributed by atoms with Gasteiger partial charge in [0.1, 0.15) is 0 Å². The van der Waals surface area contributed by atoms with Crippen molar-refractivity contribution < 1.29 is 9.90 Å². The Morgan fingerprint density at radius 3 is 2.83 bits per heavy atom. The Kier molecular flexibility index (Phi) is 3.53. The first-order valence-electron chi connectivity index (χ1n) is 4.66. The lowest BCUT2D eigenvalue weighted by atomic mass is 9.83. The van der Waals surface area contributed by atoms with Crippen LogP contribution in [0, 0.1) is 5.92 Å². The summed E-state index contributed by atoms with van der Waals surface area (Å²) in [6.45, 7) is 0. The van der Waals surface area contributed by atoms with Crippen LogP contribution in [-0.4, -0.2) is 17.1 Å². The Morgan fingerprint density at radius 2 is 2.25 bits per heavy atom. The molecule has 70 valence electrons. The van der Waals surface area contributed by atoms with Crippen molar-refractivity contribution in [1.82, 2.24) is 0 Å². The summed E-state index contributed by atoms with van der Waals surface area (Å²) in [5, 5.41) is 8.48. The molecule has 1 saturated carbocycles. The lowest BCUT2D eigenvalue weighted by Gasteiger charge is -2.25. The Hall–Kier alpha value is -0.570. The van der Waals surface area contributed by atoms with Crippen molar-refractivity contribution in [1.29, 1.82) is 0 Å². The van der Waals surface area contributed by atoms with Gasteiger partial charge in [-0.25, -0.2) is 0 Å². The molecule has 0 aromatic heterocycles. The summed E-state index contributed by atoms with van der Waals surface area (Å²) in [5.41, 5.74) is 5.78. The van der Waals surface area contributed by atoms with E-state index in [1.165, 1.54) is 12.8 Å². The molecule has 1 rings (SSSR count). The summed E-state index contributed by atoms with van der Waals surface area (Å²) in [7, 11) is 0. The summed E-state index contributed by atoms with van der Waals surface area (Å²) in [4.78, 5) is 10.3. The van der Waals surface area contributed by atoms with Crippen LogP contribution in [0.25, 0.3) is 0 Å². The van der Waals surface area contributed by atoms with Crippen molar-refractivity contribution in [3.8, 4) is 0 Å². The highest BCUT2D eigenvalue weighted by atomic mass is 16.4. The van der Waals surface area contributed by atoms with E-state index in [0.717, 1.165) is 19.3 Å². The van der Waals surface area contributed by atoms with Crippen LogP contribution in [0.15, 0.2) is 0 Å². The van der Waals surface area contributed by atoms with Gasteiger partial charge in [-0.1, -0.05) is 12.8 Å². The first-order chi connectivity index (χ1) is 5.68. The number of carboxylic acid groups (broad SMARTS) is 1. The topological polar surface area (TPSA) is 63.3 Å². The average molecular weight is 171 g/mol. The van der Waals surface area contributed by atoms with Crippen LogP contribution in [0.2, 0.25) is 0 Å². The number of hydrogen-bond acceptors (Lipinski definition) is 2. The van der Waals surface area contributed by atoms with Gasteiger partial charge in [0.15, 0.2) is 0 Å². The van der Waals surface area contributed by atoms with Crippen molar-refractivity contribution in [2.75, 3.05) is 0 Å². The molecule has 0 aromatic carbocycles. The Labute approximate surface area is 72.9 Å². The lowest BCUT2D eigenvalue weighted by molar-refractivity contribution is -0.137. The highest BCUT2D eigenvalue weighted by Gasteiger charge is 2.19. The van der Waals surface area contributed by atoms with E-state index >= 15 is 0 Å². The van der Waals surface area contributed by atoms with E-state index in [2.05, 4.69) is 0 Å². The molecule has 3 heteroatoms. The maximum Gasteiger partial charge on any atom is 0.303 e. The fraction of sp³-hybridized carbons (Fsp3) is 0.889. The fourth-order valence-corrected chi connectivity index (χ4v) is 1.92. The third-order valence-corrected chi connectivity index (χ3v) is 2.59. The zero-order valence-corrected chi connectivity index (χ0v) is 7.33. The van der Waals surface area contributed by atoms with Crippen LogP contribution in [0.3, 0.4) is 0 Å². The van der Waals surface area contributed by atoms with Crippen LogP contribution >= 0.6 is 0 Å². The summed E-state index contributed by atoms with van der Waals surface area (Å²) < 4.78 is 0. The number of carboxylic acids is 1. The second-order valence-electron chi connectivity index (χ2n) is 3.73. The molecule has 0 saturated heterocycles. The van der Waals surface area contributed by atoms with E-state index in [0.29, 0.717) is 18.4 Å². The van der Waals surface area contributed by atoms with E-state index < -0.39 is 5.97 Å². The predicted molar refractivity (Wildman–Crippen MR) is 46.8 cm³/mol. The van der Waals surface area contributed by atoms with Gasteiger partial charge in [0, 0.05) is 12.5 Å². The van der Waals surface area contributed by atoms with Gasteiger partial charge in [0.05, 0.1) is 0 Å². The summed E-state index contributed by atoms with van der Waals surface area (Å²) in [6, 6.07) is 0.317. The minimum absolute atomic E-state index is 0.303. The normalized spacial score (nSPS) is 30.1. The van der Waals surface area contributed by atoms with E-state index in [-0.39, 0.29) is 0 Å². The molecule has 0 aromatic rings. The van der Waals surface area contributed by atoms with Gasteiger partial charge in [0.25, 0.3) is 0 Å². The summed E-state index contributed by atoms with van der Waals surface area (Å²) >= 11 is 0. The maximum atomic E-state index is 10.3. The maximum absolute atomic E-state index is 10.3. The third kappa shape index (κ3) is 3.22. The number of hydrogen-bond donors (Lipinski definition) is 2. The number of aliphatic carboxylic acids is 1. The van der Waals surface area contributed by atoms with Crippen LogP contribution in [0.4, 0.5) is 0 Å². The van der Waals surface area contributed by atoms with Gasteiger partial charge in [-0.2, -0.15) is 0 Å². The number of nitrogens with two attached hydrogens (primary N) is 1. The second-order valence-corrected chi connectivity index (χ2v) is 3.73. The molecule has 1 fully saturated rings. The quantitative estimate of drug-likeness (QED) is 0.674. The molecule has 0 spiro atoms. The highest BCUT2D eigenvalue weighted by Crippen LogP contribution is 2.26. The molecule has 0 bridgehead atoms. The lowest BCUT2D eigenvalue weighted by Crippen LogP contribution is -2.28. The van der Waals surface area contributed by atoms with Gasteiger partial charge in [0.2, 0.25) is 0 Å². The first-order valence-corrected chi connectivity index (χ1v) is 4.66. The van der Waals surface area contributed by atoms with Gasteiger partial charge < -0.3 is 10.8 Å². The zero-order valence-electron chi connectivity index (χ0n) is 7.33. The predicted octanol–water partition coefficient (Wildman–Crippen LogP) is 1.37. The average Bonchev–Trinajstić information content (AvgIpc) is 2.01. The van der Waals surface area contributed by atoms with Crippen LogP contribution < -0.4 is 5.73 Å². The summed E-state index contributed by atoms with van der Waals surface area (Å²) in [5.74, 6) is -0.126. The largest absolute Gasteiger partial charge is 0.481 e. The molecule has 1 aliphatic rings. The Bertz CT molecular complexity index is 159. The molecule has 3 nitrogen and oxygen atoms in total. The van der Waals surface area contributed by atoms with Crippen molar-refractivity contribution in [2.24, 2.45) is 11.7 Å². The van der Waals surface area contributed by atoms with Crippen LogP contribution in [0.5, 0.6) is 0 Å². The minimum atomic E-state index is -0.686. The standard InChI is InChI=1S/C9H17NO2/c10-8-3-1-2-7(6-8)4-5-9(11)12/h7-8H,1-6,10H2,(H,11,12)/t7-,8-/m0/s1. The van der Waals surface area contributed by atoms with Crippen molar-refractivity contribution in [2.45, 2.75) is 44.6 Å². The molecule has 3 N–H and O–H groups in total. The molecule has 2 atom stereocenters. The van der Waals surface area contributed by atoms with E-state index in [1.807, 2.05) is 0 Å². The molecular formula is C9H17NO2. The zero-order chi connectivity index (χ0) is 8.97. The smallest absolute Gasteiger partial charge is 0.303 e. The van der Waals surface area contributed by atoms with E-state index in [1.54, 1.807) is 0 Å². The molecular weight excluding hydrogens is 154 g/mol. The van der Waals surface area contributed by atoms with Gasteiger partial charge >= 0.3 is 5.97 Å². The third-order valence-electron chi connectivity index (χ3n) is 2.59. The van der Waals surface area contributed by atoms with E-state index in [9.17, 15) is 4.79 Å². The van der Waals surface area contributed by atoms with Crippen molar-refractivity contribution in [3.05, 3.63) is 0 Å². The summed E-state index contributed by atoms with van der Waals surface area (Å²) in [6.07, 6.45) is 5.59. The minimum Gasteiger partial charge on any atom is -0.481 e. The molecule has 0 unspecified atom stereocenters.